The third kappa shape index (κ3) is 4.75. The van der Waals surface area contributed by atoms with Crippen LogP contribution in [0.3, 0.4) is 0 Å². The molecule has 3 nitrogen and oxygen atoms in total. The molecule has 19 heavy (non-hydrogen) atoms. The number of rotatable bonds is 5. The van der Waals surface area contributed by atoms with Gasteiger partial charge in [0.25, 0.3) is 0 Å². The van der Waals surface area contributed by atoms with Crippen molar-refractivity contribution in [3.8, 4) is 0 Å². The summed E-state index contributed by atoms with van der Waals surface area (Å²) in [5.74, 6) is 1.41. The van der Waals surface area contributed by atoms with E-state index < -0.39 is 6.10 Å². The van der Waals surface area contributed by atoms with Gasteiger partial charge >= 0.3 is 11.5 Å². The maximum absolute atomic E-state index is 11.8. The maximum atomic E-state index is 11.8. The second-order valence-corrected chi connectivity index (χ2v) is 6.16. The molecule has 0 fully saturated rings. The van der Waals surface area contributed by atoms with Crippen LogP contribution in [0.1, 0.15) is 53.9 Å². The van der Waals surface area contributed by atoms with Gasteiger partial charge in [0, 0.05) is 6.08 Å². The van der Waals surface area contributed by atoms with Crippen molar-refractivity contribution in [3.05, 3.63) is 23.5 Å². The topological polar surface area (TPSA) is 51.4 Å². The van der Waals surface area contributed by atoms with Crippen LogP contribution in [0.25, 0.3) is 0 Å². The number of carbonyl (C=O) groups is 1. The number of hydrogen-bond donors (Lipinski definition) is 0. The molecule has 0 radical (unpaired) electrons. The highest BCUT2D eigenvalue weighted by Crippen LogP contribution is 2.21. The highest BCUT2D eigenvalue weighted by molar-refractivity contribution is 6.19. The summed E-state index contributed by atoms with van der Waals surface area (Å²) in [6.07, 6.45) is 5.51. The molecule has 1 atom stereocenters. The highest BCUT2D eigenvalue weighted by atomic mass is 16.4. The second-order valence-electron chi connectivity index (χ2n) is 6.16. The van der Waals surface area contributed by atoms with Crippen LogP contribution in [0.15, 0.2) is 23.5 Å². The van der Waals surface area contributed by atoms with Crippen LogP contribution in [0, 0.1) is 5.41 Å². The van der Waals surface area contributed by atoms with E-state index in [9.17, 15) is 9.90 Å². The van der Waals surface area contributed by atoms with Gasteiger partial charge in [0.1, 0.15) is 5.57 Å². The Hall–Kier alpha value is -1.22. The van der Waals surface area contributed by atoms with Crippen molar-refractivity contribution < 1.29 is 14.3 Å². The Kier molecular flexibility index (Phi) is 5.24. The molecular weight excluding hydrogens is 240 g/mol. The maximum Gasteiger partial charge on any atom is 0.350 e. The molecule has 1 aliphatic rings. The zero-order chi connectivity index (χ0) is 14.6. The van der Waals surface area contributed by atoms with Crippen molar-refractivity contribution in [2.24, 2.45) is 5.41 Å². The predicted octanol–water partition coefficient (Wildman–Crippen LogP) is 2.47. The zero-order valence-corrected chi connectivity index (χ0v) is 12.6. The monoisotopic (exact) mass is 264 g/mol. The van der Waals surface area contributed by atoms with Gasteiger partial charge in [-0.15, -0.1) is 6.10 Å². The zero-order valence-electron chi connectivity index (χ0n) is 12.6. The average molecular weight is 264 g/mol. The molecule has 1 heterocycles. The largest absolute Gasteiger partial charge is 0.852 e. The van der Waals surface area contributed by atoms with E-state index in [1.807, 2.05) is 26.8 Å². The van der Waals surface area contributed by atoms with Crippen LogP contribution >= 0.6 is 0 Å². The standard InChI is InChI=1S/C16H24O3/c1-11(17)14-10-13(19-12(14)2)8-6-7-9-15(18)16(3,4)5/h8,10,15H,6-7,9H2,1-5H3/b13-8+. The van der Waals surface area contributed by atoms with Gasteiger partial charge in [-0.25, -0.2) is 4.42 Å². The highest BCUT2D eigenvalue weighted by Gasteiger charge is 2.27. The lowest BCUT2D eigenvalue weighted by Gasteiger charge is -2.36. The summed E-state index contributed by atoms with van der Waals surface area (Å²) in [6.45, 7) is 9.25. The van der Waals surface area contributed by atoms with Crippen LogP contribution in [0.2, 0.25) is 0 Å². The van der Waals surface area contributed by atoms with E-state index in [1.165, 1.54) is 6.92 Å². The van der Waals surface area contributed by atoms with Gasteiger partial charge in [-0.1, -0.05) is 39.0 Å². The molecule has 0 aliphatic carbocycles. The van der Waals surface area contributed by atoms with E-state index in [0.717, 1.165) is 18.6 Å². The van der Waals surface area contributed by atoms with Crippen LogP contribution < -0.4 is 5.11 Å². The SMILES string of the molecule is CC(=O)C1=C/C(=C\CCCC([O-])C(C)(C)C)[O+]=C1C. The van der Waals surface area contributed by atoms with E-state index in [-0.39, 0.29) is 11.2 Å². The number of unbranched alkanes of at least 4 members (excludes halogenated alkanes) is 1. The first-order chi connectivity index (χ1) is 8.71. The van der Waals surface area contributed by atoms with E-state index in [4.69, 9.17) is 4.42 Å². The van der Waals surface area contributed by atoms with Gasteiger partial charge in [-0.3, -0.25) is 4.79 Å². The van der Waals surface area contributed by atoms with Gasteiger partial charge < -0.3 is 5.11 Å². The van der Waals surface area contributed by atoms with Crippen LogP contribution in [0.5, 0.6) is 0 Å². The Morgan fingerprint density at radius 1 is 1.47 bits per heavy atom. The van der Waals surface area contributed by atoms with Crippen molar-refractivity contribution in [1.82, 2.24) is 0 Å². The van der Waals surface area contributed by atoms with Crippen molar-refractivity contribution >= 4 is 11.6 Å². The lowest BCUT2D eigenvalue weighted by atomic mass is 9.86. The fourth-order valence-electron chi connectivity index (χ4n) is 1.94. The van der Waals surface area contributed by atoms with Crippen molar-refractivity contribution in [2.45, 2.75) is 60.0 Å². The van der Waals surface area contributed by atoms with Crippen LogP contribution in [-0.4, -0.2) is 17.7 Å². The lowest BCUT2D eigenvalue weighted by Crippen LogP contribution is -2.38. The minimum atomic E-state index is -0.535. The van der Waals surface area contributed by atoms with E-state index in [0.29, 0.717) is 17.8 Å². The summed E-state index contributed by atoms with van der Waals surface area (Å²) in [6, 6.07) is 0. The molecule has 106 valence electrons. The molecule has 1 rings (SSSR count). The minimum Gasteiger partial charge on any atom is -0.852 e. The van der Waals surface area contributed by atoms with Crippen molar-refractivity contribution in [1.29, 1.82) is 0 Å². The summed E-state index contributed by atoms with van der Waals surface area (Å²) in [5.41, 5.74) is 0.464. The van der Waals surface area contributed by atoms with E-state index >= 15 is 0 Å². The number of ketones is 2. The molecule has 1 unspecified atom stereocenters. The number of Topliss-reactive ketones (excluding diaryl/α,β-unsaturated/α-hetero) is 1. The fraction of sp³-hybridized carbons (Fsp3) is 0.625. The number of allylic oxidation sites excluding steroid dienone is 3. The first kappa shape index (κ1) is 15.8. The Bertz CT molecular complexity index is 433. The summed E-state index contributed by atoms with van der Waals surface area (Å²) in [5, 5.41) is 11.8. The molecular formula is C16H24O3. The van der Waals surface area contributed by atoms with Gasteiger partial charge in [0.15, 0.2) is 5.78 Å². The summed E-state index contributed by atoms with van der Waals surface area (Å²) in [7, 11) is 0. The molecule has 0 aromatic carbocycles. The van der Waals surface area contributed by atoms with Crippen molar-refractivity contribution in [2.75, 3.05) is 0 Å². The molecule has 0 saturated heterocycles. The summed E-state index contributed by atoms with van der Waals surface area (Å²) < 4.78 is 5.50. The third-order valence-corrected chi connectivity index (χ3v) is 3.30. The minimum absolute atomic E-state index is 0.0215. The quantitative estimate of drug-likeness (QED) is 0.435. The molecule has 0 aromatic heterocycles. The molecule has 1 aliphatic heterocycles. The van der Waals surface area contributed by atoms with Crippen LogP contribution in [0.4, 0.5) is 0 Å². The predicted molar refractivity (Wildman–Crippen MR) is 74.6 cm³/mol. The van der Waals surface area contributed by atoms with Crippen LogP contribution in [-0.2, 0) is 9.22 Å². The van der Waals surface area contributed by atoms with Gasteiger partial charge in [0.2, 0.25) is 0 Å². The van der Waals surface area contributed by atoms with E-state index in [2.05, 4.69) is 0 Å². The normalized spacial score (nSPS) is 19.4. The first-order valence-corrected chi connectivity index (χ1v) is 6.82. The molecule has 0 saturated carbocycles. The van der Waals surface area contributed by atoms with Gasteiger partial charge in [-0.05, 0) is 13.3 Å². The molecule has 0 aromatic rings. The Morgan fingerprint density at radius 2 is 2.11 bits per heavy atom. The fourth-order valence-corrected chi connectivity index (χ4v) is 1.94. The first-order valence-electron chi connectivity index (χ1n) is 6.82. The summed E-state index contributed by atoms with van der Waals surface area (Å²) >= 11 is 0. The molecule has 0 N–H and O–H groups in total. The molecule has 0 spiro atoms. The number of hydrogen-bond acceptors (Lipinski definition) is 2. The Labute approximate surface area is 115 Å². The lowest BCUT2D eigenvalue weighted by molar-refractivity contribution is -0.445. The molecule has 0 amide bonds. The molecule has 0 bridgehead atoms. The Morgan fingerprint density at radius 3 is 2.58 bits per heavy atom. The van der Waals surface area contributed by atoms with Crippen molar-refractivity contribution in [3.63, 3.8) is 0 Å². The average Bonchev–Trinajstić information content (AvgIpc) is 2.64. The number of carbonyl (C=O) groups excluding carboxylic acids is 2. The smallest absolute Gasteiger partial charge is 0.350 e. The van der Waals surface area contributed by atoms with E-state index in [1.54, 1.807) is 13.0 Å². The third-order valence-electron chi connectivity index (χ3n) is 3.30. The van der Waals surface area contributed by atoms with Gasteiger partial charge in [0.05, 0.1) is 13.0 Å². The van der Waals surface area contributed by atoms with Gasteiger partial charge in [-0.2, -0.15) is 0 Å². The molecule has 3 heteroatoms. The second kappa shape index (κ2) is 6.29. The Balaban J connectivity index is 2.46. The summed E-state index contributed by atoms with van der Waals surface area (Å²) in [4.78, 5) is 11.3.